The topological polar surface area (TPSA) is 148 Å². The zero-order valence-corrected chi connectivity index (χ0v) is 18.0. The van der Waals surface area contributed by atoms with E-state index in [2.05, 4.69) is 10.6 Å². The summed E-state index contributed by atoms with van der Waals surface area (Å²) >= 11 is 1.23. The summed E-state index contributed by atoms with van der Waals surface area (Å²) in [5.41, 5.74) is 12.8. The number of carbonyl (C=O) groups excluding carboxylic acids is 2. The molecule has 9 heteroatoms. The number of hydrogen-bond acceptors (Lipinski definition) is 5. The van der Waals surface area contributed by atoms with Crippen molar-refractivity contribution < 1.29 is 19.5 Å². The molecular formula is C22H28N4O4S. The van der Waals surface area contributed by atoms with Gasteiger partial charge in [0.2, 0.25) is 0 Å². The lowest BCUT2D eigenvalue weighted by Crippen LogP contribution is -2.42. The minimum Gasteiger partial charge on any atom is -0.480 e. The minimum absolute atomic E-state index is 0.214. The van der Waals surface area contributed by atoms with Gasteiger partial charge in [-0.2, -0.15) is 0 Å². The zero-order valence-electron chi connectivity index (χ0n) is 17.2. The molecule has 0 unspecified atom stereocenters. The molecule has 3 amide bonds. The minimum atomic E-state index is -0.798. The number of amides is 3. The highest BCUT2D eigenvalue weighted by atomic mass is 32.1. The number of aryl methyl sites for hydroxylation is 1. The highest BCUT2D eigenvalue weighted by Gasteiger charge is 2.23. The van der Waals surface area contributed by atoms with Crippen LogP contribution < -0.4 is 22.1 Å². The van der Waals surface area contributed by atoms with E-state index >= 15 is 0 Å². The van der Waals surface area contributed by atoms with Crippen molar-refractivity contribution in [3.8, 4) is 10.4 Å². The first-order chi connectivity index (χ1) is 14.8. The van der Waals surface area contributed by atoms with Gasteiger partial charge < -0.3 is 21.9 Å². The normalized spacial score (nSPS) is 15.0. The van der Waals surface area contributed by atoms with Gasteiger partial charge in [0, 0.05) is 10.9 Å². The molecule has 0 spiro atoms. The van der Waals surface area contributed by atoms with Gasteiger partial charge in [0.1, 0.15) is 11.0 Å². The van der Waals surface area contributed by atoms with Crippen LogP contribution in [-0.2, 0) is 11.2 Å². The predicted molar refractivity (Wildman–Crippen MR) is 121 cm³/mol. The Hall–Kier alpha value is -2.91. The second-order valence-electron chi connectivity index (χ2n) is 7.84. The van der Waals surface area contributed by atoms with Crippen molar-refractivity contribution in [1.29, 1.82) is 0 Å². The van der Waals surface area contributed by atoms with E-state index in [4.69, 9.17) is 11.5 Å². The fourth-order valence-corrected chi connectivity index (χ4v) is 5.03. The van der Waals surface area contributed by atoms with E-state index in [-0.39, 0.29) is 5.56 Å². The molecule has 31 heavy (non-hydrogen) atoms. The second-order valence-corrected chi connectivity index (χ2v) is 8.89. The van der Waals surface area contributed by atoms with Gasteiger partial charge in [0.05, 0.1) is 5.56 Å². The van der Waals surface area contributed by atoms with Crippen LogP contribution in [0.4, 0.5) is 9.80 Å². The number of thiophene rings is 1. The Bertz CT molecular complexity index is 953. The van der Waals surface area contributed by atoms with Crippen molar-refractivity contribution >= 4 is 34.2 Å². The van der Waals surface area contributed by atoms with Crippen LogP contribution in [0.15, 0.2) is 30.3 Å². The lowest BCUT2D eigenvalue weighted by atomic mass is 10.0. The maximum atomic E-state index is 11.7. The molecule has 1 aromatic carbocycles. The molecule has 0 saturated heterocycles. The Kier molecular flexibility index (Phi) is 7.64. The summed E-state index contributed by atoms with van der Waals surface area (Å²) in [5.74, 6) is -1.44. The number of carbonyl (C=O) groups is 3. The van der Waals surface area contributed by atoms with Crippen LogP contribution in [0.5, 0.6) is 0 Å². The molecule has 1 atom stereocenters. The maximum Gasteiger partial charge on any atom is 0.320 e. The van der Waals surface area contributed by atoms with E-state index in [0.717, 1.165) is 54.5 Å². The van der Waals surface area contributed by atoms with Crippen LogP contribution in [-0.4, -0.2) is 35.1 Å². The summed E-state index contributed by atoms with van der Waals surface area (Å²) in [6, 6.07) is 8.50. The van der Waals surface area contributed by atoms with Crippen molar-refractivity contribution in [2.45, 2.75) is 57.0 Å². The third kappa shape index (κ3) is 6.28. The molecule has 8 nitrogen and oxygen atoms in total. The second kappa shape index (κ2) is 10.4. The van der Waals surface area contributed by atoms with Crippen molar-refractivity contribution in [2.24, 2.45) is 11.5 Å². The zero-order chi connectivity index (χ0) is 22.4. The third-order valence-corrected chi connectivity index (χ3v) is 6.59. The quantitative estimate of drug-likeness (QED) is 0.381. The van der Waals surface area contributed by atoms with Gasteiger partial charge >= 0.3 is 12.0 Å². The first-order valence-corrected chi connectivity index (χ1v) is 11.2. The van der Waals surface area contributed by atoms with Gasteiger partial charge in [0.15, 0.2) is 0 Å². The number of carboxylic acid groups (broad SMARTS) is 1. The Morgan fingerprint density at radius 3 is 2.55 bits per heavy atom. The number of anilines is 1. The van der Waals surface area contributed by atoms with E-state index in [1.807, 2.05) is 24.3 Å². The highest BCUT2D eigenvalue weighted by molar-refractivity contribution is 7.20. The Morgan fingerprint density at radius 1 is 1.16 bits per heavy atom. The fraction of sp³-hybridized carbons (Fsp3) is 0.409. The highest BCUT2D eigenvalue weighted by Crippen LogP contribution is 2.35. The number of hydrogen-bond donors (Lipinski definition) is 5. The number of urea groups is 1. The van der Waals surface area contributed by atoms with Gasteiger partial charge in [-0.3, -0.25) is 14.9 Å². The van der Waals surface area contributed by atoms with Crippen molar-refractivity contribution in [1.82, 2.24) is 5.32 Å². The van der Waals surface area contributed by atoms with Gasteiger partial charge in [-0.15, -0.1) is 11.3 Å². The number of nitrogens with two attached hydrogens (primary N) is 2. The van der Waals surface area contributed by atoms with Crippen LogP contribution in [0.25, 0.3) is 10.4 Å². The SMILES string of the molecule is NC(=O)Nc1sc(-c2cccc(CCC[C@H](NC3CCCC3)C(=O)O)c2)cc1C(N)=O. The van der Waals surface area contributed by atoms with Crippen LogP contribution in [0.3, 0.4) is 0 Å². The molecular weight excluding hydrogens is 416 g/mol. The predicted octanol–water partition coefficient (Wildman–Crippen LogP) is 3.31. The summed E-state index contributed by atoms with van der Waals surface area (Å²) in [6.07, 6.45) is 6.46. The number of nitrogens with one attached hydrogen (secondary N) is 2. The van der Waals surface area contributed by atoms with Gasteiger partial charge in [-0.25, -0.2) is 4.79 Å². The summed E-state index contributed by atoms with van der Waals surface area (Å²) in [4.78, 5) is 35.3. The van der Waals surface area contributed by atoms with Crippen molar-refractivity contribution in [2.75, 3.05) is 5.32 Å². The molecule has 0 radical (unpaired) electrons. The van der Waals surface area contributed by atoms with Crippen molar-refractivity contribution in [3.63, 3.8) is 0 Å². The number of rotatable bonds is 10. The Labute approximate surface area is 185 Å². The monoisotopic (exact) mass is 444 g/mol. The smallest absolute Gasteiger partial charge is 0.320 e. The summed E-state index contributed by atoms with van der Waals surface area (Å²) in [5, 5.41) is 15.6. The van der Waals surface area contributed by atoms with Crippen LogP contribution in [0, 0.1) is 0 Å². The molecule has 2 aromatic rings. The molecule has 166 valence electrons. The number of carboxylic acids is 1. The number of aliphatic carboxylic acids is 1. The average molecular weight is 445 g/mol. The largest absolute Gasteiger partial charge is 0.480 e. The third-order valence-electron chi connectivity index (χ3n) is 5.49. The molecule has 1 aromatic heterocycles. The molecule has 7 N–H and O–H groups in total. The maximum absolute atomic E-state index is 11.7. The number of benzene rings is 1. The lowest BCUT2D eigenvalue weighted by molar-refractivity contribution is -0.139. The number of primary amides is 2. The molecule has 1 saturated carbocycles. The van der Waals surface area contributed by atoms with E-state index in [0.29, 0.717) is 17.5 Å². The summed E-state index contributed by atoms with van der Waals surface area (Å²) in [6.45, 7) is 0. The van der Waals surface area contributed by atoms with Gasteiger partial charge in [-0.05, 0) is 49.3 Å². The Balaban J connectivity index is 1.65. The Morgan fingerprint density at radius 2 is 1.90 bits per heavy atom. The molecule has 0 bridgehead atoms. The molecule has 1 aliphatic carbocycles. The van der Waals surface area contributed by atoms with E-state index in [1.54, 1.807) is 6.07 Å². The lowest BCUT2D eigenvalue weighted by Gasteiger charge is -2.19. The molecule has 1 fully saturated rings. The standard InChI is InChI=1S/C22H28N4O4S/c23-19(27)16-12-18(31-20(16)26-22(24)30)14-7-3-5-13(11-14)6-4-10-17(21(28)29)25-15-8-1-2-9-15/h3,5,7,11-12,15,17,25H,1-2,4,6,8-10H2,(H2,23,27)(H,28,29)(H3,24,26,30)/t17-/m0/s1. The average Bonchev–Trinajstić information content (AvgIpc) is 3.37. The molecule has 1 aliphatic rings. The summed E-state index contributed by atoms with van der Waals surface area (Å²) < 4.78 is 0. The first-order valence-electron chi connectivity index (χ1n) is 10.4. The summed E-state index contributed by atoms with van der Waals surface area (Å²) in [7, 11) is 0. The van der Waals surface area contributed by atoms with Crippen LogP contribution >= 0.6 is 11.3 Å². The molecule has 1 heterocycles. The van der Waals surface area contributed by atoms with Crippen LogP contribution in [0.1, 0.15) is 54.4 Å². The van der Waals surface area contributed by atoms with E-state index in [1.165, 1.54) is 11.3 Å². The van der Waals surface area contributed by atoms with Gasteiger partial charge in [-0.1, -0.05) is 37.1 Å². The van der Waals surface area contributed by atoms with E-state index in [9.17, 15) is 19.5 Å². The first kappa shape index (κ1) is 22.8. The van der Waals surface area contributed by atoms with E-state index < -0.39 is 23.9 Å². The molecule has 0 aliphatic heterocycles. The fourth-order valence-electron chi connectivity index (χ4n) is 3.97. The van der Waals surface area contributed by atoms with Crippen LogP contribution in [0.2, 0.25) is 0 Å². The molecule has 3 rings (SSSR count). The van der Waals surface area contributed by atoms with Crippen molar-refractivity contribution in [3.05, 3.63) is 41.5 Å². The van der Waals surface area contributed by atoms with Gasteiger partial charge in [0.25, 0.3) is 5.91 Å².